The van der Waals surface area contributed by atoms with E-state index in [1.54, 1.807) is 30.1 Å². The lowest BCUT2D eigenvalue weighted by atomic mass is 10.0. The molecule has 144 valence electrons. The topological polar surface area (TPSA) is 57.7 Å². The van der Waals surface area contributed by atoms with Gasteiger partial charge < -0.3 is 4.90 Å². The number of carbonyl (C=O) groups is 1. The van der Waals surface area contributed by atoms with Gasteiger partial charge in [0.05, 0.1) is 4.90 Å². The third-order valence-electron chi connectivity index (χ3n) is 5.33. The van der Waals surface area contributed by atoms with Crippen molar-refractivity contribution in [3.05, 3.63) is 59.2 Å². The predicted octanol–water partition coefficient (Wildman–Crippen LogP) is 3.68. The number of nitrogens with zero attached hydrogens (tertiary/aromatic N) is 2. The third kappa shape index (κ3) is 3.77. The van der Waals surface area contributed by atoms with Crippen LogP contribution in [0.4, 0.5) is 5.69 Å². The molecule has 0 N–H and O–H groups in total. The van der Waals surface area contributed by atoms with Gasteiger partial charge in [-0.05, 0) is 56.0 Å². The highest BCUT2D eigenvalue weighted by Gasteiger charge is 2.28. The largest absolute Gasteiger partial charge is 0.312 e. The summed E-state index contributed by atoms with van der Waals surface area (Å²) in [6, 6.07) is 12.7. The van der Waals surface area contributed by atoms with Crippen molar-refractivity contribution in [1.29, 1.82) is 0 Å². The molecular formula is C21H26N2O3S. The smallest absolute Gasteiger partial charge is 0.243 e. The minimum Gasteiger partial charge on any atom is -0.312 e. The summed E-state index contributed by atoms with van der Waals surface area (Å²) >= 11 is 0. The Balaban J connectivity index is 1.92. The Bertz CT molecular complexity index is 952. The van der Waals surface area contributed by atoms with Crippen LogP contribution in [0.25, 0.3) is 0 Å². The summed E-state index contributed by atoms with van der Waals surface area (Å²) in [4.78, 5) is 13.8. The van der Waals surface area contributed by atoms with Crippen molar-refractivity contribution in [2.24, 2.45) is 0 Å². The van der Waals surface area contributed by atoms with Gasteiger partial charge in [0.2, 0.25) is 15.9 Å². The summed E-state index contributed by atoms with van der Waals surface area (Å²) in [5, 5.41) is 0. The average Bonchev–Trinajstić information content (AvgIpc) is 2.66. The van der Waals surface area contributed by atoms with E-state index in [9.17, 15) is 13.2 Å². The second kappa shape index (κ2) is 7.44. The lowest BCUT2D eigenvalue weighted by molar-refractivity contribution is -0.116. The molecule has 1 unspecified atom stereocenters. The summed E-state index contributed by atoms with van der Waals surface area (Å²) in [5.74, 6) is -0.0170. The van der Waals surface area contributed by atoms with Crippen LogP contribution in [0.3, 0.4) is 0 Å². The monoisotopic (exact) mass is 386 g/mol. The molecule has 1 amide bonds. The summed E-state index contributed by atoms with van der Waals surface area (Å²) in [6.45, 7) is 6.11. The summed E-state index contributed by atoms with van der Waals surface area (Å²) in [7, 11) is -2.03. The maximum Gasteiger partial charge on any atom is 0.243 e. The van der Waals surface area contributed by atoms with Gasteiger partial charge in [-0.3, -0.25) is 4.79 Å². The van der Waals surface area contributed by atoms with E-state index in [0.29, 0.717) is 6.54 Å². The number of aryl methyl sites for hydroxylation is 2. The molecule has 0 bridgehead atoms. The number of benzene rings is 2. The second-order valence-corrected chi connectivity index (χ2v) is 9.17. The van der Waals surface area contributed by atoms with E-state index >= 15 is 0 Å². The minimum absolute atomic E-state index is 0.0170. The zero-order valence-corrected chi connectivity index (χ0v) is 17.1. The van der Waals surface area contributed by atoms with Crippen LogP contribution in [0.5, 0.6) is 0 Å². The van der Waals surface area contributed by atoms with Crippen molar-refractivity contribution in [3.63, 3.8) is 0 Å². The normalized spacial score (nSPS) is 15.5. The van der Waals surface area contributed by atoms with E-state index in [-0.39, 0.29) is 16.8 Å². The first-order chi connectivity index (χ1) is 12.7. The molecule has 6 heteroatoms. The molecule has 0 aromatic heterocycles. The Kier molecular flexibility index (Phi) is 5.40. The van der Waals surface area contributed by atoms with Crippen LogP contribution in [-0.4, -0.2) is 32.2 Å². The molecule has 1 aliphatic rings. The average molecular weight is 387 g/mol. The molecule has 2 aromatic carbocycles. The SMILES string of the molecule is CC(=O)N1CCCc2cc(S(=O)(=O)N(C)C(C)c3ccc(C)cc3)ccc21. The van der Waals surface area contributed by atoms with Gasteiger partial charge in [-0.25, -0.2) is 8.42 Å². The van der Waals surface area contributed by atoms with Crippen LogP contribution in [0.1, 0.15) is 43.0 Å². The molecule has 0 saturated carbocycles. The van der Waals surface area contributed by atoms with Gasteiger partial charge >= 0.3 is 0 Å². The molecule has 0 saturated heterocycles. The molecule has 0 spiro atoms. The lowest BCUT2D eigenvalue weighted by Crippen LogP contribution is -2.34. The Morgan fingerprint density at radius 2 is 1.81 bits per heavy atom. The van der Waals surface area contributed by atoms with E-state index in [0.717, 1.165) is 35.2 Å². The lowest BCUT2D eigenvalue weighted by Gasteiger charge is -2.30. The molecule has 27 heavy (non-hydrogen) atoms. The van der Waals surface area contributed by atoms with Crippen LogP contribution in [0.15, 0.2) is 47.4 Å². The molecule has 5 nitrogen and oxygen atoms in total. The van der Waals surface area contributed by atoms with Crippen LogP contribution in [0.2, 0.25) is 0 Å². The van der Waals surface area contributed by atoms with Gasteiger partial charge in [0, 0.05) is 32.2 Å². The molecule has 2 aromatic rings. The summed E-state index contributed by atoms with van der Waals surface area (Å²) < 4.78 is 27.7. The predicted molar refractivity (Wildman–Crippen MR) is 107 cm³/mol. The van der Waals surface area contributed by atoms with Gasteiger partial charge in [0.15, 0.2) is 0 Å². The first kappa shape index (κ1) is 19.6. The van der Waals surface area contributed by atoms with Crippen LogP contribution in [-0.2, 0) is 21.2 Å². The van der Waals surface area contributed by atoms with Gasteiger partial charge in [0.1, 0.15) is 0 Å². The van der Waals surface area contributed by atoms with Gasteiger partial charge in [-0.1, -0.05) is 29.8 Å². The van der Waals surface area contributed by atoms with Crippen LogP contribution >= 0.6 is 0 Å². The van der Waals surface area contributed by atoms with Crippen LogP contribution in [0, 0.1) is 6.92 Å². The molecule has 1 atom stereocenters. The molecule has 0 aliphatic carbocycles. The van der Waals surface area contributed by atoms with Gasteiger partial charge in [-0.15, -0.1) is 0 Å². The maximum atomic E-state index is 13.2. The number of carbonyl (C=O) groups excluding carboxylic acids is 1. The van der Waals surface area contributed by atoms with Crippen molar-refractivity contribution >= 4 is 21.6 Å². The highest BCUT2D eigenvalue weighted by Crippen LogP contribution is 2.32. The number of hydrogen-bond donors (Lipinski definition) is 0. The summed E-state index contributed by atoms with van der Waals surface area (Å²) in [5.41, 5.74) is 3.82. The van der Waals surface area contributed by atoms with Crippen molar-refractivity contribution < 1.29 is 13.2 Å². The molecule has 0 fully saturated rings. The second-order valence-electron chi connectivity index (χ2n) is 7.17. The van der Waals surface area contributed by atoms with E-state index in [1.165, 1.54) is 11.2 Å². The molecule has 1 heterocycles. The first-order valence-electron chi connectivity index (χ1n) is 9.17. The highest BCUT2D eigenvalue weighted by atomic mass is 32.2. The van der Waals surface area contributed by atoms with Crippen LogP contribution < -0.4 is 4.90 Å². The highest BCUT2D eigenvalue weighted by molar-refractivity contribution is 7.89. The Morgan fingerprint density at radius 3 is 2.44 bits per heavy atom. The van der Waals surface area contributed by atoms with Gasteiger partial charge in [0.25, 0.3) is 0 Å². The Hall–Kier alpha value is -2.18. The number of rotatable bonds is 4. The summed E-state index contributed by atoms with van der Waals surface area (Å²) in [6.07, 6.45) is 1.62. The first-order valence-corrected chi connectivity index (χ1v) is 10.6. The fraction of sp³-hybridized carbons (Fsp3) is 0.381. The van der Waals surface area contributed by atoms with E-state index in [4.69, 9.17) is 0 Å². The molecule has 3 rings (SSSR count). The number of fused-ring (bicyclic) bond motifs is 1. The number of amides is 1. The Morgan fingerprint density at radius 1 is 1.15 bits per heavy atom. The minimum atomic E-state index is -3.64. The Labute approximate surface area is 161 Å². The quantitative estimate of drug-likeness (QED) is 0.805. The van der Waals surface area contributed by atoms with E-state index in [2.05, 4.69) is 0 Å². The zero-order valence-electron chi connectivity index (χ0n) is 16.3. The number of sulfonamides is 1. The van der Waals surface area contributed by atoms with Crippen molar-refractivity contribution in [1.82, 2.24) is 4.31 Å². The zero-order chi connectivity index (χ0) is 19.8. The van der Waals surface area contributed by atoms with E-state index < -0.39 is 10.0 Å². The fourth-order valence-electron chi connectivity index (χ4n) is 3.49. The number of anilines is 1. The standard InChI is InChI=1S/C21H26N2O3S/c1-15-7-9-18(10-8-15)16(2)22(4)27(25,26)20-11-12-21-19(14-20)6-5-13-23(21)17(3)24/h7-12,14,16H,5-6,13H2,1-4H3. The van der Waals surface area contributed by atoms with Gasteiger partial charge in [-0.2, -0.15) is 4.31 Å². The van der Waals surface area contributed by atoms with Crippen molar-refractivity contribution in [2.45, 2.75) is 44.6 Å². The maximum absolute atomic E-state index is 13.2. The fourth-order valence-corrected chi connectivity index (χ4v) is 4.89. The van der Waals surface area contributed by atoms with Crippen molar-refractivity contribution in [3.8, 4) is 0 Å². The third-order valence-corrected chi connectivity index (χ3v) is 7.26. The van der Waals surface area contributed by atoms with E-state index in [1.807, 2.05) is 38.1 Å². The van der Waals surface area contributed by atoms with Crippen molar-refractivity contribution in [2.75, 3.05) is 18.5 Å². The number of hydrogen-bond acceptors (Lipinski definition) is 3. The molecule has 1 aliphatic heterocycles. The molecule has 0 radical (unpaired) electrons. The molecular weight excluding hydrogens is 360 g/mol.